The average molecular weight is 336 g/mol. The second-order valence-electron chi connectivity index (χ2n) is 7.08. The number of carbonyl (C=O) groups excluding carboxylic acids is 1. The molecule has 2 aliphatic rings. The molecule has 0 saturated carbocycles. The Balaban J connectivity index is 1.34. The molecule has 25 heavy (non-hydrogen) atoms. The summed E-state index contributed by atoms with van der Waals surface area (Å²) in [5.41, 5.74) is 3.40. The molecule has 0 spiro atoms. The van der Waals surface area contributed by atoms with Gasteiger partial charge < -0.3 is 9.80 Å². The van der Waals surface area contributed by atoms with Gasteiger partial charge >= 0.3 is 0 Å². The van der Waals surface area contributed by atoms with Gasteiger partial charge in [0.1, 0.15) is 12.1 Å². The van der Waals surface area contributed by atoms with E-state index in [9.17, 15) is 4.79 Å². The van der Waals surface area contributed by atoms with E-state index in [1.807, 2.05) is 24.0 Å². The molecular formula is C20H24N4O. The number of rotatable bonds is 3. The molecule has 2 aromatic rings. The van der Waals surface area contributed by atoms with E-state index >= 15 is 0 Å². The van der Waals surface area contributed by atoms with Crippen LogP contribution in [0.2, 0.25) is 0 Å². The number of aromatic nitrogens is 2. The van der Waals surface area contributed by atoms with Gasteiger partial charge in [-0.15, -0.1) is 0 Å². The first kappa shape index (κ1) is 16.1. The zero-order valence-electron chi connectivity index (χ0n) is 14.7. The molecule has 1 saturated heterocycles. The van der Waals surface area contributed by atoms with Crippen LogP contribution in [-0.2, 0) is 11.2 Å². The lowest BCUT2D eigenvalue weighted by molar-refractivity contribution is -0.119. The second-order valence-corrected chi connectivity index (χ2v) is 7.08. The predicted molar refractivity (Wildman–Crippen MR) is 98.8 cm³/mol. The lowest BCUT2D eigenvalue weighted by Gasteiger charge is -2.33. The van der Waals surface area contributed by atoms with Crippen molar-refractivity contribution in [1.82, 2.24) is 9.97 Å². The van der Waals surface area contributed by atoms with Crippen LogP contribution in [0.3, 0.4) is 0 Å². The zero-order chi connectivity index (χ0) is 17.2. The van der Waals surface area contributed by atoms with E-state index in [1.54, 1.807) is 6.33 Å². The third-order valence-corrected chi connectivity index (χ3v) is 5.38. The van der Waals surface area contributed by atoms with Crippen LogP contribution in [0.25, 0.3) is 0 Å². The number of fused-ring (bicyclic) bond motifs is 1. The molecule has 1 aromatic heterocycles. The summed E-state index contributed by atoms with van der Waals surface area (Å²) >= 11 is 0. The van der Waals surface area contributed by atoms with E-state index in [2.05, 4.69) is 33.1 Å². The zero-order valence-corrected chi connectivity index (χ0v) is 14.7. The van der Waals surface area contributed by atoms with Crippen molar-refractivity contribution in [2.75, 3.05) is 29.4 Å². The number of piperidine rings is 1. The standard InChI is InChI=1S/C20H24N4O/c1-15-12-19(22-14-21-15)23-9-6-16(7-10-23)13-20(25)24-11-8-17-4-2-3-5-18(17)24/h2-5,12,14,16H,6-11,13H2,1H3. The molecule has 2 aliphatic heterocycles. The highest BCUT2D eigenvalue weighted by Crippen LogP contribution is 2.30. The summed E-state index contributed by atoms with van der Waals surface area (Å²) in [6, 6.07) is 10.3. The number of nitrogens with zero attached hydrogens (tertiary/aromatic N) is 4. The van der Waals surface area contributed by atoms with Crippen molar-refractivity contribution in [3.8, 4) is 0 Å². The molecule has 0 aliphatic carbocycles. The van der Waals surface area contributed by atoms with Crippen LogP contribution in [0.15, 0.2) is 36.7 Å². The molecule has 1 aromatic carbocycles. The van der Waals surface area contributed by atoms with Crippen molar-refractivity contribution < 1.29 is 4.79 Å². The van der Waals surface area contributed by atoms with Gasteiger partial charge in [-0.25, -0.2) is 9.97 Å². The Morgan fingerprint density at radius 3 is 2.76 bits per heavy atom. The molecule has 0 bridgehead atoms. The molecule has 1 fully saturated rings. The van der Waals surface area contributed by atoms with Gasteiger partial charge in [-0.05, 0) is 43.7 Å². The van der Waals surface area contributed by atoms with Crippen LogP contribution in [0.5, 0.6) is 0 Å². The van der Waals surface area contributed by atoms with Crippen LogP contribution >= 0.6 is 0 Å². The van der Waals surface area contributed by atoms with Gasteiger partial charge in [0.2, 0.25) is 5.91 Å². The van der Waals surface area contributed by atoms with Crippen molar-refractivity contribution in [1.29, 1.82) is 0 Å². The number of aryl methyl sites for hydroxylation is 1. The molecule has 4 rings (SSSR count). The minimum absolute atomic E-state index is 0.279. The number of para-hydroxylation sites is 1. The Bertz CT molecular complexity index is 768. The van der Waals surface area contributed by atoms with Gasteiger partial charge in [-0.2, -0.15) is 0 Å². The highest BCUT2D eigenvalue weighted by atomic mass is 16.2. The van der Waals surface area contributed by atoms with Crippen molar-refractivity contribution >= 4 is 17.4 Å². The molecule has 5 nitrogen and oxygen atoms in total. The molecule has 0 N–H and O–H groups in total. The van der Waals surface area contributed by atoms with Crippen molar-refractivity contribution in [3.63, 3.8) is 0 Å². The molecule has 1 amide bonds. The second kappa shape index (κ2) is 6.82. The van der Waals surface area contributed by atoms with E-state index in [-0.39, 0.29) is 5.91 Å². The fourth-order valence-corrected chi connectivity index (χ4v) is 3.93. The lowest BCUT2D eigenvalue weighted by Crippen LogP contribution is -2.37. The summed E-state index contributed by atoms with van der Waals surface area (Å²) < 4.78 is 0. The summed E-state index contributed by atoms with van der Waals surface area (Å²) in [4.78, 5) is 25.6. The topological polar surface area (TPSA) is 49.3 Å². The van der Waals surface area contributed by atoms with Gasteiger partial charge in [-0.3, -0.25) is 4.79 Å². The Kier molecular flexibility index (Phi) is 4.38. The van der Waals surface area contributed by atoms with E-state index in [0.29, 0.717) is 12.3 Å². The number of carbonyl (C=O) groups is 1. The van der Waals surface area contributed by atoms with Crippen molar-refractivity contribution in [3.05, 3.63) is 47.9 Å². The fraction of sp³-hybridized carbons (Fsp3) is 0.450. The summed E-state index contributed by atoms with van der Waals surface area (Å²) in [5, 5.41) is 0. The molecular weight excluding hydrogens is 312 g/mol. The van der Waals surface area contributed by atoms with Gasteiger partial charge in [0.25, 0.3) is 0 Å². The number of hydrogen-bond acceptors (Lipinski definition) is 4. The minimum atomic E-state index is 0.279. The first-order chi connectivity index (χ1) is 12.2. The SMILES string of the molecule is Cc1cc(N2CCC(CC(=O)N3CCc4ccccc43)CC2)ncn1. The summed E-state index contributed by atoms with van der Waals surface area (Å²) in [6.45, 7) is 4.75. The maximum absolute atomic E-state index is 12.8. The average Bonchev–Trinajstić information content (AvgIpc) is 3.06. The van der Waals surface area contributed by atoms with Crippen LogP contribution in [-0.4, -0.2) is 35.5 Å². The molecule has 0 unspecified atom stereocenters. The normalized spacial score (nSPS) is 17.6. The fourth-order valence-electron chi connectivity index (χ4n) is 3.93. The molecule has 5 heteroatoms. The first-order valence-electron chi connectivity index (χ1n) is 9.12. The number of benzene rings is 1. The van der Waals surface area contributed by atoms with Gasteiger partial charge in [-0.1, -0.05) is 18.2 Å². The maximum Gasteiger partial charge on any atom is 0.227 e. The van der Waals surface area contributed by atoms with E-state index in [4.69, 9.17) is 0 Å². The van der Waals surface area contributed by atoms with Crippen LogP contribution in [0.4, 0.5) is 11.5 Å². The maximum atomic E-state index is 12.8. The lowest BCUT2D eigenvalue weighted by atomic mass is 9.93. The van der Waals surface area contributed by atoms with Gasteiger partial charge in [0, 0.05) is 43.5 Å². The Labute approximate surface area is 148 Å². The summed E-state index contributed by atoms with van der Waals surface area (Å²) in [6.07, 6.45) is 5.36. The Morgan fingerprint density at radius 1 is 1.16 bits per heavy atom. The van der Waals surface area contributed by atoms with Crippen LogP contribution < -0.4 is 9.80 Å². The largest absolute Gasteiger partial charge is 0.356 e. The van der Waals surface area contributed by atoms with Crippen molar-refractivity contribution in [2.24, 2.45) is 5.92 Å². The first-order valence-corrected chi connectivity index (χ1v) is 9.12. The van der Waals surface area contributed by atoms with Crippen molar-refractivity contribution in [2.45, 2.75) is 32.6 Å². The highest BCUT2D eigenvalue weighted by Gasteiger charge is 2.28. The van der Waals surface area contributed by atoms with E-state index in [1.165, 1.54) is 5.56 Å². The predicted octanol–water partition coefficient (Wildman–Crippen LogP) is 2.98. The highest BCUT2D eigenvalue weighted by molar-refractivity contribution is 5.95. The van der Waals surface area contributed by atoms with E-state index < -0.39 is 0 Å². The quantitative estimate of drug-likeness (QED) is 0.865. The molecule has 3 heterocycles. The van der Waals surface area contributed by atoms with Gasteiger partial charge in [0.15, 0.2) is 0 Å². The third-order valence-electron chi connectivity index (χ3n) is 5.38. The summed E-state index contributed by atoms with van der Waals surface area (Å²) in [7, 11) is 0. The monoisotopic (exact) mass is 336 g/mol. The summed E-state index contributed by atoms with van der Waals surface area (Å²) in [5.74, 6) is 1.76. The van der Waals surface area contributed by atoms with E-state index in [0.717, 1.165) is 56.1 Å². The van der Waals surface area contributed by atoms with Gasteiger partial charge in [0.05, 0.1) is 0 Å². The number of amides is 1. The number of anilines is 2. The number of hydrogen-bond donors (Lipinski definition) is 0. The smallest absolute Gasteiger partial charge is 0.227 e. The van der Waals surface area contributed by atoms with Crippen LogP contribution in [0.1, 0.15) is 30.5 Å². The Morgan fingerprint density at radius 2 is 1.96 bits per heavy atom. The third kappa shape index (κ3) is 3.36. The van der Waals surface area contributed by atoms with Crippen LogP contribution in [0, 0.1) is 12.8 Å². The molecule has 0 radical (unpaired) electrons. The molecule has 130 valence electrons. The Hall–Kier alpha value is -2.43. The minimum Gasteiger partial charge on any atom is -0.356 e. The molecule has 0 atom stereocenters.